The Labute approximate surface area is 57.0 Å². The van der Waals surface area contributed by atoms with Crippen LogP contribution in [-0.4, -0.2) is 26.7 Å². The van der Waals surface area contributed by atoms with E-state index < -0.39 is 0 Å². The maximum absolute atomic E-state index is 3.30. The molecule has 1 fully saturated rings. The first-order valence-electron chi connectivity index (χ1n) is 3.68. The SMILES string of the molecule is CCC1(CNC)CNC1. The van der Waals surface area contributed by atoms with Crippen LogP contribution in [-0.2, 0) is 0 Å². The van der Waals surface area contributed by atoms with Gasteiger partial charge in [0.1, 0.15) is 0 Å². The zero-order valence-corrected chi connectivity index (χ0v) is 6.33. The molecule has 0 aromatic rings. The lowest BCUT2D eigenvalue weighted by Gasteiger charge is -2.42. The summed E-state index contributed by atoms with van der Waals surface area (Å²) >= 11 is 0. The molecule has 1 aliphatic heterocycles. The minimum atomic E-state index is 0.592. The van der Waals surface area contributed by atoms with E-state index in [1.165, 1.54) is 19.5 Å². The van der Waals surface area contributed by atoms with Gasteiger partial charge in [0, 0.05) is 25.0 Å². The maximum atomic E-state index is 3.30. The van der Waals surface area contributed by atoms with Crippen molar-refractivity contribution in [1.82, 2.24) is 10.6 Å². The van der Waals surface area contributed by atoms with E-state index in [0.29, 0.717) is 5.41 Å². The summed E-state index contributed by atoms with van der Waals surface area (Å²) < 4.78 is 0. The van der Waals surface area contributed by atoms with Crippen molar-refractivity contribution >= 4 is 0 Å². The van der Waals surface area contributed by atoms with Gasteiger partial charge in [-0.25, -0.2) is 0 Å². The van der Waals surface area contributed by atoms with Gasteiger partial charge in [-0.2, -0.15) is 0 Å². The summed E-state index contributed by atoms with van der Waals surface area (Å²) in [5.74, 6) is 0. The van der Waals surface area contributed by atoms with Crippen molar-refractivity contribution in [3.8, 4) is 0 Å². The molecule has 1 rings (SSSR count). The second-order valence-electron chi connectivity index (χ2n) is 2.99. The lowest BCUT2D eigenvalue weighted by molar-refractivity contribution is 0.160. The maximum Gasteiger partial charge on any atom is 0.00745 e. The van der Waals surface area contributed by atoms with Crippen LogP contribution in [0.1, 0.15) is 13.3 Å². The molecule has 0 aromatic carbocycles. The standard InChI is InChI=1S/C7H16N2/c1-3-7(4-8-2)5-9-6-7/h8-9H,3-6H2,1-2H3. The second-order valence-corrected chi connectivity index (χ2v) is 2.99. The van der Waals surface area contributed by atoms with E-state index in [0.717, 1.165) is 6.54 Å². The molecule has 2 heteroatoms. The molecule has 0 unspecified atom stereocenters. The van der Waals surface area contributed by atoms with Gasteiger partial charge < -0.3 is 10.6 Å². The molecule has 0 aliphatic carbocycles. The molecule has 0 spiro atoms. The topological polar surface area (TPSA) is 24.1 Å². The highest BCUT2D eigenvalue weighted by atomic mass is 15.0. The molecule has 1 heterocycles. The first kappa shape index (κ1) is 7.03. The first-order chi connectivity index (χ1) is 4.33. The Morgan fingerprint density at radius 3 is 2.33 bits per heavy atom. The predicted octanol–water partition coefficient (Wildman–Crippen LogP) is 0.205. The smallest absolute Gasteiger partial charge is 0.00745 e. The molecule has 54 valence electrons. The van der Waals surface area contributed by atoms with E-state index in [4.69, 9.17) is 0 Å². The molecule has 0 radical (unpaired) electrons. The Morgan fingerprint density at radius 1 is 1.56 bits per heavy atom. The summed E-state index contributed by atoms with van der Waals surface area (Å²) in [4.78, 5) is 0. The van der Waals surface area contributed by atoms with Crippen molar-refractivity contribution in [1.29, 1.82) is 0 Å². The van der Waals surface area contributed by atoms with Gasteiger partial charge >= 0.3 is 0 Å². The van der Waals surface area contributed by atoms with Gasteiger partial charge in [-0.05, 0) is 13.5 Å². The minimum absolute atomic E-state index is 0.592. The molecule has 2 N–H and O–H groups in total. The van der Waals surface area contributed by atoms with E-state index >= 15 is 0 Å². The van der Waals surface area contributed by atoms with Crippen LogP contribution in [0.4, 0.5) is 0 Å². The average molecular weight is 128 g/mol. The molecule has 0 amide bonds. The average Bonchev–Trinajstić information content (AvgIpc) is 1.79. The summed E-state index contributed by atoms with van der Waals surface area (Å²) in [6.45, 7) is 5.82. The van der Waals surface area contributed by atoms with Crippen molar-refractivity contribution in [2.24, 2.45) is 5.41 Å². The van der Waals surface area contributed by atoms with Crippen LogP contribution in [0.3, 0.4) is 0 Å². The molecule has 0 atom stereocenters. The first-order valence-corrected chi connectivity index (χ1v) is 3.68. The van der Waals surface area contributed by atoms with Gasteiger partial charge in [0.05, 0.1) is 0 Å². The van der Waals surface area contributed by atoms with E-state index in [-0.39, 0.29) is 0 Å². The van der Waals surface area contributed by atoms with Gasteiger partial charge in [-0.3, -0.25) is 0 Å². The molecule has 1 saturated heterocycles. The van der Waals surface area contributed by atoms with Gasteiger partial charge in [0.2, 0.25) is 0 Å². The van der Waals surface area contributed by atoms with Crippen LogP contribution in [0.2, 0.25) is 0 Å². The predicted molar refractivity (Wildman–Crippen MR) is 39.5 cm³/mol. The molecule has 0 bridgehead atoms. The third kappa shape index (κ3) is 1.25. The van der Waals surface area contributed by atoms with Gasteiger partial charge in [0.15, 0.2) is 0 Å². The highest BCUT2D eigenvalue weighted by molar-refractivity contribution is 4.92. The molecule has 2 nitrogen and oxygen atoms in total. The quantitative estimate of drug-likeness (QED) is 0.567. The van der Waals surface area contributed by atoms with Crippen LogP contribution in [0, 0.1) is 5.41 Å². The van der Waals surface area contributed by atoms with Crippen molar-refractivity contribution in [3.63, 3.8) is 0 Å². The van der Waals surface area contributed by atoms with Crippen molar-refractivity contribution in [2.75, 3.05) is 26.7 Å². The van der Waals surface area contributed by atoms with E-state index in [2.05, 4.69) is 17.6 Å². The normalized spacial score (nSPS) is 23.3. The number of hydrogen-bond acceptors (Lipinski definition) is 2. The van der Waals surface area contributed by atoms with Gasteiger partial charge in [-0.1, -0.05) is 6.92 Å². The second kappa shape index (κ2) is 2.67. The summed E-state index contributed by atoms with van der Waals surface area (Å²) in [5.41, 5.74) is 0.592. The summed E-state index contributed by atoms with van der Waals surface area (Å²) in [6, 6.07) is 0. The van der Waals surface area contributed by atoms with Crippen LogP contribution in [0.25, 0.3) is 0 Å². The lowest BCUT2D eigenvalue weighted by Crippen LogP contribution is -2.57. The molecule has 1 aliphatic rings. The Bertz CT molecular complexity index is 81.4. The van der Waals surface area contributed by atoms with Crippen LogP contribution < -0.4 is 10.6 Å². The van der Waals surface area contributed by atoms with Crippen molar-refractivity contribution < 1.29 is 0 Å². The summed E-state index contributed by atoms with van der Waals surface area (Å²) in [5, 5.41) is 6.52. The molecule has 0 saturated carbocycles. The molecule has 0 aromatic heterocycles. The minimum Gasteiger partial charge on any atom is -0.319 e. The zero-order valence-electron chi connectivity index (χ0n) is 6.33. The Hall–Kier alpha value is -0.0800. The van der Waals surface area contributed by atoms with Crippen molar-refractivity contribution in [3.05, 3.63) is 0 Å². The fourth-order valence-electron chi connectivity index (χ4n) is 1.35. The molecular weight excluding hydrogens is 112 g/mol. The number of hydrogen-bond donors (Lipinski definition) is 2. The van der Waals surface area contributed by atoms with Crippen LogP contribution in [0.5, 0.6) is 0 Å². The van der Waals surface area contributed by atoms with Crippen molar-refractivity contribution in [2.45, 2.75) is 13.3 Å². The highest BCUT2D eigenvalue weighted by Gasteiger charge is 2.33. The lowest BCUT2D eigenvalue weighted by atomic mass is 9.79. The van der Waals surface area contributed by atoms with E-state index in [1.807, 2.05) is 7.05 Å². The number of rotatable bonds is 3. The fraction of sp³-hybridized carbons (Fsp3) is 1.00. The molecular formula is C7H16N2. The Balaban J connectivity index is 2.28. The van der Waals surface area contributed by atoms with Gasteiger partial charge in [-0.15, -0.1) is 0 Å². The summed E-state index contributed by atoms with van der Waals surface area (Å²) in [6.07, 6.45) is 1.29. The Morgan fingerprint density at radius 2 is 2.22 bits per heavy atom. The number of nitrogens with one attached hydrogen (secondary N) is 2. The third-order valence-corrected chi connectivity index (χ3v) is 2.30. The monoisotopic (exact) mass is 128 g/mol. The summed E-state index contributed by atoms with van der Waals surface area (Å²) in [7, 11) is 2.02. The highest BCUT2D eigenvalue weighted by Crippen LogP contribution is 2.24. The van der Waals surface area contributed by atoms with E-state index in [9.17, 15) is 0 Å². The molecule has 9 heavy (non-hydrogen) atoms. The zero-order chi connectivity index (χ0) is 6.74. The van der Waals surface area contributed by atoms with Crippen LogP contribution >= 0.6 is 0 Å². The fourth-order valence-corrected chi connectivity index (χ4v) is 1.35. The van der Waals surface area contributed by atoms with E-state index in [1.54, 1.807) is 0 Å². The largest absolute Gasteiger partial charge is 0.319 e. The Kier molecular flexibility index (Phi) is 2.09. The van der Waals surface area contributed by atoms with Crippen LogP contribution in [0.15, 0.2) is 0 Å². The third-order valence-electron chi connectivity index (χ3n) is 2.30. The van der Waals surface area contributed by atoms with Gasteiger partial charge in [0.25, 0.3) is 0 Å².